The molecule has 1 rings (SSSR count). The molecule has 0 fully saturated rings. The zero-order chi connectivity index (χ0) is 13.7. The molecule has 1 aromatic carbocycles. The summed E-state index contributed by atoms with van der Waals surface area (Å²) in [5, 5.41) is 16.5. The highest BCUT2D eigenvalue weighted by Crippen LogP contribution is 2.12. The van der Waals surface area contributed by atoms with Gasteiger partial charge in [0.05, 0.1) is 11.1 Å². The molecule has 0 radical (unpaired) electrons. The fourth-order valence-corrected chi connectivity index (χ4v) is 1.11. The largest absolute Gasteiger partial charge is 0.513 e. The standard InChI is InChI=1S/C10H6O8/c11-7(17-9(13)14)5-3-1-2-4-6(5)8(12)18-10(15)16/h1-4H,(H,13,14)(H,15,16). The maximum Gasteiger partial charge on any atom is 0.513 e. The summed E-state index contributed by atoms with van der Waals surface area (Å²) in [4.78, 5) is 43.0. The van der Waals surface area contributed by atoms with E-state index in [4.69, 9.17) is 10.2 Å². The molecule has 1 aromatic rings. The van der Waals surface area contributed by atoms with E-state index in [0.29, 0.717) is 0 Å². The van der Waals surface area contributed by atoms with Crippen LogP contribution < -0.4 is 0 Å². The Kier molecular flexibility index (Phi) is 3.98. The summed E-state index contributed by atoms with van der Waals surface area (Å²) in [5.41, 5.74) is -0.822. The second-order valence-corrected chi connectivity index (χ2v) is 2.86. The molecular weight excluding hydrogens is 248 g/mol. The van der Waals surface area contributed by atoms with E-state index in [1.165, 1.54) is 12.1 Å². The lowest BCUT2D eigenvalue weighted by Gasteiger charge is -2.04. The Balaban J connectivity index is 3.06. The van der Waals surface area contributed by atoms with E-state index < -0.39 is 35.4 Å². The predicted molar refractivity (Wildman–Crippen MR) is 53.3 cm³/mol. The zero-order valence-corrected chi connectivity index (χ0v) is 8.65. The summed E-state index contributed by atoms with van der Waals surface area (Å²) in [6.45, 7) is 0. The summed E-state index contributed by atoms with van der Waals surface area (Å²) < 4.78 is 7.71. The average Bonchev–Trinajstić information content (AvgIpc) is 2.27. The molecule has 2 N–H and O–H groups in total. The second kappa shape index (κ2) is 5.43. The molecule has 0 aromatic heterocycles. The van der Waals surface area contributed by atoms with Crippen molar-refractivity contribution in [2.45, 2.75) is 0 Å². The van der Waals surface area contributed by atoms with E-state index in [0.717, 1.165) is 12.1 Å². The number of ether oxygens (including phenoxy) is 2. The maximum atomic E-state index is 11.3. The van der Waals surface area contributed by atoms with Crippen LogP contribution in [0.15, 0.2) is 24.3 Å². The first-order valence-electron chi connectivity index (χ1n) is 4.41. The van der Waals surface area contributed by atoms with Gasteiger partial charge >= 0.3 is 24.2 Å². The van der Waals surface area contributed by atoms with Gasteiger partial charge in [-0.15, -0.1) is 0 Å². The molecule has 0 atom stereocenters. The quantitative estimate of drug-likeness (QED) is 0.598. The van der Waals surface area contributed by atoms with Gasteiger partial charge in [-0.25, -0.2) is 19.2 Å². The summed E-state index contributed by atoms with van der Waals surface area (Å²) in [5.74, 6) is -2.61. The van der Waals surface area contributed by atoms with Gasteiger partial charge in [-0.05, 0) is 12.1 Å². The van der Waals surface area contributed by atoms with Crippen molar-refractivity contribution in [3.05, 3.63) is 35.4 Å². The van der Waals surface area contributed by atoms with Gasteiger partial charge < -0.3 is 19.7 Å². The molecule has 0 heterocycles. The molecule has 0 aliphatic carbocycles. The monoisotopic (exact) mass is 254 g/mol. The number of hydrogen-bond acceptors (Lipinski definition) is 6. The molecular formula is C10H6O8. The topological polar surface area (TPSA) is 127 Å². The fraction of sp³-hybridized carbons (Fsp3) is 0. The van der Waals surface area contributed by atoms with E-state index in [9.17, 15) is 19.2 Å². The smallest absolute Gasteiger partial charge is 0.449 e. The van der Waals surface area contributed by atoms with E-state index >= 15 is 0 Å². The lowest BCUT2D eigenvalue weighted by Crippen LogP contribution is -2.17. The zero-order valence-electron chi connectivity index (χ0n) is 8.65. The van der Waals surface area contributed by atoms with E-state index in [-0.39, 0.29) is 0 Å². The molecule has 8 nitrogen and oxygen atoms in total. The highest BCUT2D eigenvalue weighted by molar-refractivity contribution is 6.06. The Hall–Kier alpha value is -2.90. The molecule has 0 aliphatic heterocycles. The van der Waals surface area contributed by atoms with Crippen LogP contribution in [0.25, 0.3) is 0 Å². The molecule has 0 unspecified atom stereocenters. The Bertz CT molecular complexity index is 471. The van der Waals surface area contributed by atoms with Gasteiger partial charge in [-0.1, -0.05) is 12.1 Å². The number of esters is 2. The first-order chi connectivity index (χ1) is 8.41. The molecule has 0 amide bonds. The summed E-state index contributed by atoms with van der Waals surface area (Å²) in [6.07, 6.45) is -3.69. The number of carbonyl (C=O) groups is 4. The molecule has 94 valence electrons. The first kappa shape index (κ1) is 13.2. The van der Waals surface area contributed by atoms with Gasteiger partial charge in [0.15, 0.2) is 0 Å². The van der Waals surface area contributed by atoms with Gasteiger partial charge in [0.2, 0.25) is 0 Å². The molecule has 0 spiro atoms. The van der Waals surface area contributed by atoms with Crippen LogP contribution in [0.4, 0.5) is 9.59 Å². The van der Waals surface area contributed by atoms with Gasteiger partial charge in [-0.3, -0.25) is 0 Å². The highest BCUT2D eigenvalue weighted by Gasteiger charge is 2.22. The highest BCUT2D eigenvalue weighted by atomic mass is 16.7. The summed E-state index contributed by atoms with van der Waals surface area (Å²) in [6, 6.07) is 4.89. The van der Waals surface area contributed by atoms with Crippen LogP contribution in [0.3, 0.4) is 0 Å². The molecule has 0 saturated heterocycles. The summed E-state index contributed by atoms with van der Waals surface area (Å²) in [7, 11) is 0. The van der Waals surface area contributed by atoms with Crippen molar-refractivity contribution in [3.8, 4) is 0 Å². The van der Waals surface area contributed by atoms with Crippen LogP contribution in [0, 0.1) is 0 Å². The number of rotatable bonds is 2. The molecule has 0 bridgehead atoms. The van der Waals surface area contributed by atoms with Crippen molar-refractivity contribution in [2.75, 3.05) is 0 Å². The Labute approximate surface area is 99.4 Å². The van der Waals surface area contributed by atoms with Crippen LogP contribution in [0.1, 0.15) is 20.7 Å². The first-order valence-corrected chi connectivity index (χ1v) is 4.41. The van der Waals surface area contributed by atoms with E-state index in [2.05, 4.69) is 9.47 Å². The predicted octanol–water partition coefficient (Wildman–Crippen LogP) is 1.36. The van der Waals surface area contributed by atoms with Crippen LogP contribution in [-0.4, -0.2) is 34.5 Å². The third-order valence-corrected chi connectivity index (χ3v) is 1.73. The number of carboxylic acid groups (broad SMARTS) is 2. The van der Waals surface area contributed by atoms with Gasteiger partial charge in [0.1, 0.15) is 0 Å². The van der Waals surface area contributed by atoms with Crippen molar-refractivity contribution in [3.63, 3.8) is 0 Å². The van der Waals surface area contributed by atoms with Crippen LogP contribution in [0.5, 0.6) is 0 Å². The Morgan fingerprint density at radius 2 is 1.11 bits per heavy atom. The van der Waals surface area contributed by atoms with Crippen LogP contribution in [0.2, 0.25) is 0 Å². The van der Waals surface area contributed by atoms with E-state index in [1.807, 2.05) is 0 Å². The average molecular weight is 254 g/mol. The van der Waals surface area contributed by atoms with Crippen molar-refractivity contribution in [1.29, 1.82) is 0 Å². The van der Waals surface area contributed by atoms with Gasteiger partial charge in [0.25, 0.3) is 0 Å². The summed E-state index contributed by atoms with van der Waals surface area (Å²) >= 11 is 0. The maximum absolute atomic E-state index is 11.3. The fourth-order valence-electron chi connectivity index (χ4n) is 1.11. The lowest BCUT2D eigenvalue weighted by atomic mass is 10.1. The van der Waals surface area contributed by atoms with Crippen molar-refractivity contribution in [1.82, 2.24) is 0 Å². The minimum absolute atomic E-state index is 0.411. The van der Waals surface area contributed by atoms with Crippen LogP contribution in [-0.2, 0) is 9.47 Å². The van der Waals surface area contributed by atoms with Crippen LogP contribution >= 0.6 is 0 Å². The SMILES string of the molecule is O=C(O)OC(=O)c1ccccc1C(=O)OC(=O)O. The Morgan fingerprint density at radius 3 is 1.39 bits per heavy atom. The molecule has 0 aliphatic rings. The van der Waals surface area contributed by atoms with Gasteiger partial charge in [0, 0.05) is 0 Å². The number of benzene rings is 1. The van der Waals surface area contributed by atoms with Gasteiger partial charge in [-0.2, -0.15) is 0 Å². The van der Waals surface area contributed by atoms with E-state index in [1.54, 1.807) is 0 Å². The Morgan fingerprint density at radius 1 is 0.778 bits per heavy atom. The van der Waals surface area contributed by atoms with Crippen molar-refractivity contribution < 1.29 is 38.9 Å². The minimum Gasteiger partial charge on any atom is -0.449 e. The van der Waals surface area contributed by atoms with Crippen molar-refractivity contribution in [2.24, 2.45) is 0 Å². The molecule has 8 heteroatoms. The lowest BCUT2D eigenvalue weighted by molar-refractivity contribution is 0.0458. The minimum atomic E-state index is -1.85. The molecule has 18 heavy (non-hydrogen) atoms. The third-order valence-electron chi connectivity index (χ3n) is 1.73. The number of hydrogen-bond donors (Lipinski definition) is 2. The normalized spacial score (nSPS) is 9.33. The second-order valence-electron chi connectivity index (χ2n) is 2.86. The van der Waals surface area contributed by atoms with Crippen molar-refractivity contribution >= 4 is 24.2 Å². The number of carbonyl (C=O) groups excluding carboxylic acids is 2. The molecule has 0 saturated carbocycles. The third kappa shape index (κ3) is 3.30.